The van der Waals surface area contributed by atoms with Crippen LogP contribution in [0.4, 0.5) is 0 Å². The second-order valence-electron chi connectivity index (χ2n) is 2.49. The Morgan fingerprint density at radius 2 is 2.55 bits per heavy atom. The Labute approximate surface area is 63.6 Å². The van der Waals surface area contributed by atoms with Gasteiger partial charge in [-0.25, -0.2) is 9.67 Å². The van der Waals surface area contributed by atoms with Crippen LogP contribution in [0.3, 0.4) is 0 Å². The maximum absolute atomic E-state index is 8.65. The van der Waals surface area contributed by atoms with E-state index in [1.54, 1.807) is 11.0 Å². The van der Waals surface area contributed by atoms with Crippen LogP contribution in [0, 0.1) is 0 Å². The molecule has 1 aliphatic heterocycles. The van der Waals surface area contributed by atoms with E-state index in [0.717, 1.165) is 0 Å². The molecule has 1 saturated heterocycles. The Morgan fingerprint density at radius 3 is 3.00 bits per heavy atom. The summed E-state index contributed by atoms with van der Waals surface area (Å²) in [6.45, 7) is 1.31. The molecule has 0 spiro atoms. The minimum absolute atomic E-state index is 0.0966. The fraction of sp³-hybridized carbons (Fsp3) is 0.667. The van der Waals surface area contributed by atoms with E-state index in [9.17, 15) is 0 Å². The molecule has 0 aliphatic carbocycles. The van der Waals surface area contributed by atoms with Crippen molar-refractivity contribution in [1.29, 1.82) is 0 Å². The van der Waals surface area contributed by atoms with Crippen molar-refractivity contribution in [2.24, 2.45) is 0 Å². The molecule has 1 aliphatic rings. The second kappa shape index (κ2) is 2.60. The first kappa shape index (κ1) is 6.75. The SMILES string of the molecule is OCc1ncn(C2COC2)n1. The maximum atomic E-state index is 8.65. The molecule has 60 valence electrons. The summed E-state index contributed by atoms with van der Waals surface area (Å²) in [6.07, 6.45) is 1.62. The molecule has 0 atom stereocenters. The van der Waals surface area contributed by atoms with Gasteiger partial charge >= 0.3 is 0 Å². The largest absolute Gasteiger partial charge is 0.388 e. The number of nitrogens with zero attached hydrogens (tertiary/aromatic N) is 3. The fourth-order valence-corrected chi connectivity index (χ4v) is 0.935. The zero-order chi connectivity index (χ0) is 7.68. The van der Waals surface area contributed by atoms with E-state index < -0.39 is 0 Å². The van der Waals surface area contributed by atoms with Crippen LogP contribution in [0.2, 0.25) is 0 Å². The zero-order valence-electron chi connectivity index (χ0n) is 5.97. The monoisotopic (exact) mass is 155 g/mol. The molecule has 2 heterocycles. The van der Waals surface area contributed by atoms with E-state index in [1.165, 1.54) is 0 Å². The molecule has 1 aromatic heterocycles. The summed E-state index contributed by atoms with van der Waals surface area (Å²) in [5, 5.41) is 12.7. The lowest BCUT2D eigenvalue weighted by Crippen LogP contribution is -2.31. The lowest BCUT2D eigenvalue weighted by Gasteiger charge is -2.25. The minimum atomic E-state index is -0.0966. The molecule has 5 nitrogen and oxygen atoms in total. The Morgan fingerprint density at radius 1 is 1.73 bits per heavy atom. The normalized spacial score (nSPS) is 18.3. The fourth-order valence-electron chi connectivity index (χ4n) is 0.935. The van der Waals surface area contributed by atoms with Crippen molar-refractivity contribution in [2.75, 3.05) is 13.2 Å². The van der Waals surface area contributed by atoms with Crippen LogP contribution in [0.1, 0.15) is 11.9 Å². The summed E-state index contributed by atoms with van der Waals surface area (Å²) in [5.41, 5.74) is 0. The third-order valence-corrected chi connectivity index (χ3v) is 1.69. The van der Waals surface area contributed by atoms with E-state index in [2.05, 4.69) is 10.1 Å². The number of aliphatic hydroxyl groups excluding tert-OH is 1. The smallest absolute Gasteiger partial charge is 0.175 e. The number of aliphatic hydroxyl groups is 1. The lowest BCUT2D eigenvalue weighted by atomic mass is 10.3. The second-order valence-corrected chi connectivity index (χ2v) is 2.49. The maximum Gasteiger partial charge on any atom is 0.175 e. The molecule has 0 bridgehead atoms. The van der Waals surface area contributed by atoms with Gasteiger partial charge in [0.05, 0.1) is 13.2 Å². The first-order valence-corrected chi connectivity index (χ1v) is 3.49. The highest BCUT2D eigenvalue weighted by atomic mass is 16.5. The van der Waals surface area contributed by atoms with Crippen LogP contribution < -0.4 is 0 Å². The van der Waals surface area contributed by atoms with E-state index in [1.807, 2.05) is 0 Å². The summed E-state index contributed by atoms with van der Waals surface area (Å²) in [6, 6.07) is 0.322. The van der Waals surface area contributed by atoms with Crippen LogP contribution in [0.5, 0.6) is 0 Å². The Bertz CT molecular complexity index is 244. The van der Waals surface area contributed by atoms with E-state index in [4.69, 9.17) is 9.84 Å². The molecule has 0 aromatic carbocycles. The van der Waals surface area contributed by atoms with Crippen molar-refractivity contribution >= 4 is 0 Å². The van der Waals surface area contributed by atoms with E-state index in [-0.39, 0.29) is 6.61 Å². The quantitative estimate of drug-likeness (QED) is 0.616. The Kier molecular flexibility index (Phi) is 1.59. The van der Waals surface area contributed by atoms with Crippen molar-refractivity contribution in [2.45, 2.75) is 12.6 Å². The van der Waals surface area contributed by atoms with Crippen LogP contribution in [-0.4, -0.2) is 33.1 Å². The van der Waals surface area contributed by atoms with Crippen molar-refractivity contribution < 1.29 is 9.84 Å². The molecule has 1 N–H and O–H groups in total. The van der Waals surface area contributed by atoms with Crippen molar-refractivity contribution in [3.05, 3.63) is 12.2 Å². The Hall–Kier alpha value is -0.940. The summed E-state index contributed by atoms with van der Waals surface area (Å²) >= 11 is 0. The highest BCUT2D eigenvalue weighted by molar-refractivity contribution is 4.82. The molecule has 0 unspecified atom stereocenters. The van der Waals surface area contributed by atoms with Crippen molar-refractivity contribution in [3.63, 3.8) is 0 Å². The third-order valence-electron chi connectivity index (χ3n) is 1.69. The van der Waals surface area contributed by atoms with Crippen molar-refractivity contribution in [3.8, 4) is 0 Å². The molecule has 0 amide bonds. The third kappa shape index (κ3) is 1.12. The molecule has 0 radical (unpaired) electrons. The van der Waals surface area contributed by atoms with Gasteiger partial charge in [-0.3, -0.25) is 0 Å². The molecule has 1 fully saturated rings. The van der Waals surface area contributed by atoms with Gasteiger partial charge in [-0.05, 0) is 0 Å². The van der Waals surface area contributed by atoms with Crippen LogP contribution in [0.15, 0.2) is 6.33 Å². The van der Waals surface area contributed by atoms with Crippen LogP contribution in [-0.2, 0) is 11.3 Å². The average molecular weight is 155 g/mol. The number of hydrogen-bond acceptors (Lipinski definition) is 4. The topological polar surface area (TPSA) is 60.2 Å². The van der Waals surface area contributed by atoms with Gasteiger partial charge in [-0.2, -0.15) is 5.10 Å². The molecular weight excluding hydrogens is 146 g/mol. The Balaban J connectivity index is 2.11. The van der Waals surface area contributed by atoms with Gasteiger partial charge in [0, 0.05) is 0 Å². The van der Waals surface area contributed by atoms with E-state index in [0.29, 0.717) is 25.1 Å². The number of aromatic nitrogens is 3. The standard InChI is InChI=1S/C6H9N3O2/c10-1-6-7-4-9(8-6)5-2-11-3-5/h4-5,10H,1-3H2. The van der Waals surface area contributed by atoms with Gasteiger partial charge in [0.25, 0.3) is 0 Å². The van der Waals surface area contributed by atoms with Gasteiger partial charge in [0.15, 0.2) is 5.82 Å². The number of rotatable bonds is 2. The predicted octanol–water partition coefficient (Wildman–Crippen LogP) is -0.658. The van der Waals surface area contributed by atoms with Crippen LogP contribution >= 0.6 is 0 Å². The zero-order valence-corrected chi connectivity index (χ0v) is 5.97. The molecule has 0 saturated carbocycles. The molecular formula is C6H9N3O2. The highest BCUT2D eigenvalue weighted by Crippen LogP contribution is 2.14. The van der Waals surface area contributed by atoms with Gasteiger partial charge < -0.3 is 9.84 Å². The van der Waals surface area contributed by atoms with Gasteiger partial charge in [0.2, 0.25) is 0 Å². The van der Waals surface area contributed by atoms with Crippen LogP contribution in [0.25, 0.3) is 0 Å². The summed E-state index contributed by atoms with van der Waals surface area (Å²) in [4.78, 5) is 3.88. The average Bonchev–Trinajstić information content (AvgIpc) is 2.32. The summed E-state index contributed by atoms with van der Waals surface area (Å²) < 4.78 is 6.71. The van der Waals surface area contributed by atoms with Gasteiger partial charge in [-0.15, -0.1) is 0 Å². The highest BCUT2D eigenvalue weighted by Gasteiger charge is 2.21. The summed E-state index contributed by atoms with van der Waals surface area (Å²) in [5.74, 6) is 0.469. The predicted molar refractivity (Wildman–Crippen MR) is 35.8 cm³/mol. The molecule has 11 heavy (non-hydrogen) atoms. The first-order valence-electron chi connectivity index (χ1n) is 3.49. The number of hydrogen-bond donors (Lipinski definition) is 1. The molecule has 1 aromatic rings. The summed E-state index contributed by atoms with van der Waals surface area (Å²) in [7, 11) is 0. The molecule has 5 heteroatoms. The van der Waals surface area contributed by atoms with Gasteiger partial charge in [-0.1, -0.05) is 0 Å². The van der Waals surface area contributed by atoms with E-state index >= 15 is 0 Å². The first-order chi connectivity index (χ1) is 5.40. The number of ether oxygens (including phenoxy) is 1. The van der Waals surface area contributed by atoms with Gasteiger partial charge in [0.1, 0.15) is 19.0 Å². The van der Waals surface area contributed by atoms with Crippen molar-refractivity contribution in [1.82, 2.24) is 14.8 Å². The molecule has 2 rings (SSSR count). The minimum Gasteiger partial charge on any atom is -0.388 e. The lowest BCUT2D eigenvalue weighted by molar-refractivity contribution is -0.0290.